The van der Waals surface area contributed by atoms with Crippen LogP contribution < -0.4 is 5.32 Å². The SMILES string of the molecule is Cc1oc2c(c1C(=O)OCc1ccccc1)CCCC2NC(=O)c1ccccc1. The van der Waals surface area contributed by atoms with Gasteiger partial charge in [-0.2, -0.15) is 0 Å². The summed E-state index contributed by atoms with van der Waals surface area (Å²) in [7, 11) is 0. The number of benzene rings is 2. The van der Waals surface area contributed by atoms with E-state index in [9.17, 15) is 9.59 Å². The predicted molar refractivity (Wildman–Crippen MR) is 109 cm³/mol. The molecule has 0 spiro atoms. The first-order valence-electron chi connectivity index (χ1n) is 9.82. The Morgan fingerprint density at radius 1 is 1.07 bits per heavy atom. The number of hydrogen-bond acceptors (Lipinski definition) is 4. The number of carbonyl (C=O) groups is 2. The standard InChI is InChI=1S/C24H23NO4/c1-16-21(24(27)28-15-17-9-4-2-5-10-17)19-13-8-14-20(22(19)29-16)25-23(26)18-11-6-3-7-12-18/h2-7,9-12,20H,8,13-15H2,1H3,(H,25,26). The second-order valence-corrected chi connectivity index (χ2v) is 7.22. The quantitative estimate of drug-likeness (QED) is 0.639. The molecule has 2 aromatic carbocycles. The van der Waals surface area contributed by atoms with Gasteiger partial charge >= 0.3 is 5.97 Å². The molecule has 0 fully saturated rings. The zero-order valence-electron chi connectivity index (χ0n) is 16.3. The van der Waals surface area contributed by atoms with Gasteiger partial charge in [-0.05, 0) is 43.9 Å². The molecule has 4 rings (SSSR count). The fourth-order valence-corrected chi connectivity index (χ4v) is 3.79. The summed E-state index contributed by atoms with van der Waals surface area (Å²) in [6.07, 6.45) is 2.38. The van der Waals surface area contributed by atoms with Gasteiger partial charge in [-0.15, -0.1) is 0 Å². The summed E-state index contributed by atoms with van der Waals surface area (Å²) in [5.41, 5.74) is 2.88. The maximum absolute atomic E-state index is 12.8. The van der Waals surface area contributed by atoms with Gasteiger partial charge < -0.3 is 14.5 Å². The topological polar surface area (TPSA) is 68.5 Å². The van der Waals surface area contributed by atoms with E-state index in [1.165, 1.54) is 0 Å². The summed E-state index contributed by atoms with van der Waals surface area (Å²) in [6.45, 7) is 1.99. The molecule has 1 aliphatic rings. The molecule has 0 radical (unpaired) electrons. The van der Waals surface area contributed by atoms with Crippen LogP contribution in [0.25, 0.3) is 0 Å². The number of esters is 1. The van der Waals surface area contributed by atoms with E-state index >= 15 is 0 Å². The van der Waals surface area contributed by atoms with E-state index in [0.717, 1.165) is 30.4 Å². The van der Waals surface area contributed by atoms with Crippen molar-refractivity contribution in [2.75, 3.05) is 0 Å². The lowest BCUT2D eigenvalue weighted by Crippen LogP contribution is -2.30. The summed E-state index contributed by atoms with van der Waals surface area (Å²) < 4.78 is 11.5. The summed E-state index contributed by atoms with van der Waals surface area (Å²) in [6, 6.07) is 18.4. The highest BCUT2D eigenvalue weighted by molar-refractivity contribution is 5.95. The van der Waals surface area contributed by atoms with Gasteiger partial charge in [-0.25, -0.2) is 4.79 Å². The fourth-order valence-electron chi connectivity index (χ4n) is 3.79. The van der Waals surface area contributed by atoms with E-state index in [4.69, 9.17) is 9.15 Å². The summed E-state index contributed by atoms with van der Waals surface area (Å²) in [5, 5.41) is 3.04. The van der Waals surface area contributed by atoms with Crippen molar-refractivity contribution in [3.8, 4) is 0 Å². The fraction of sp³-hybridized carbons (Fsp3) is 0.250. The zero-order chi connectivity index (χ0) is 20.2. The molecule has 1 amide bonds. The van der Waals surface area contributed by atoms with E-state index in [1.807, 2.05) is 48.5 Å². The second-order valence-electron chi connectivity index (χ2n) is 7.22. The number of rotatable bonds is 5. The zero-order valence-corrected chi connectivity index (χ0v) is 16.3. The molecule has 1 heterocycles. The number of ether oxygens (including phenoxy) is 1. The van der Waals surface area contributed by atoms with Crippen LogP contribution >= 0.6 is 0 Å². The van der Waals surface area contributed by atoms with Crippen LogP contribution in [-0.2, 0) is 17.8 Å². The number of nitrogens with one attached hydrogen (secondary N) is 1. The molecule has 0 aliphatic heterocycles. The van der Waals surface area contributed by atoms with Crippen LogP contribution in [0.4, 0.5) is 0 Å². The van der Waals surface area contributed by atoms with Crippen LogP contribution in [0.2, 0.25) is 0 Å². The van der Waals surface area contributed by atoms with Gasteiger partial charge in [0.2, 0.25) is 0 Å². The molecule has 1 aromatic heterocycles. The number of hydrogen-bond donors (Lipinski definition) is 1. The molecule has 5 nitrogen and oxygen atoms in total. The Labute approximate surface area is 169 Å². The Kier molecular flexibility index (Phi) is 5.47. The Morgan fingerprint density at radius 3 is 2.48 bits per heavy atom. The lowest BCUT2D eigenvalue weighted by Gasteiger charge is -2.22. The van der Waals surface area contributed by atoms with E-state index in [2.05, 4.69) is 5.32 Å². The van der Waals surface area contributed by atoms with Crippen LogP contribution in [0.3, 0.4) is 0 Å². The third kappa shape index (κ3) is 4.09. The van der Waals surface area contributed by atoms with Gasteiger partial charge in [-0.3, -0.25) is 4.79 Å². The number of aryl methyl sites for hydroxylation is 1. The summed E-state index contributed by atoms with van der Waals surface area (Å²) >= 11 is 0. The third-order valence-electron chi connectivity index (χ3n) is 5.21. The monoisotopic (exact) mass is 389 g/mol. The van der Waals surface area contributed by atoms with E-state index < -0.39 is 0 Å². The van der Waals surface area contributed by atoms with Gasteiger partial charge in [-0.1, -0.05) is 48.5 Å². The van der Waals surface area contributed by atoms with E-state index in [0.29, 0.717) is 22.6 Å². The average Bonchev–Trinajstić information content (AvgIpc) is 3.10. The van der Waals surface area contributed by atoms with Gasteiger partial charge in [0.15, 0.2) is 0 Å². The normalized spacial score (nSPS) is 15.4. The van der Waals surface area contributed by atoms with Crippen LogP contribution in [0.1, 0.15) is 62.2 Å². The van der Waals surface area contributed by atoms with Crippen molar-refractivity contribution in [1.29, 1.82) is 0 Å². The predicted octanol–water partition coefficient (Wildman–Crippen LogP) is 4.75. The summed E-state index contributed by atoms with van der Waals surface area (Å²) in [4.78, 5) is 25.3. The Morgan fingerprint density at radius 2 is 1.76 bits per heavy atom. The van der Waals surface area contributed by atoms with Crippen molar-refractivity contribution in [1.82, 2.24) is 5.32 Å². The minimum absolute atomic E-state index is 0.147. The maximum Gasteiger partial charge on any atom is 0.342 e. The number of furan rings is 1. The molecular formula is C24H23NO4. The molecule has 1 atom stereocenters. The molecule has 0 bridgehead atoms. The molecule has 0 saturated carbocycles. The van der Waals surface area contributed by atoms with Gasteiger partial charge in [0.05, 0.1) is 6.04 Å². The molecule has 3 aromatic rings. The number of carbonyl (C=O) groups excluding carboxylic acids is 2. The minimum Gasteiger partial charge on any atom is -0.463 e. The second kappa shape index (κ2) is 8.35. The molecular weight excluding hydrogens is 366 g/mol. The van der Waals surface area contributed by atoms with E-state index in [1.54, 1.807) is 19.1 Å². The Hall–Kier alpha value is -3.34. The van der Waals surface area contributed by atoms with Crippen LogP contribution in [0.5, 0.6) is 0 Å². The molecule has 0 saturated heterocycles. The Bertz CT molecular complexity index is 1010. The number of fused-ring (bicyclic) bond motifs is 1. The molecule has 1 N–H and O–H groups in total. The minimum atomic E-state index is -0.383. The van der Waals surface area contributed by atoms with Crippen LogP contribution in [0, 0.1) is 6.92 Å². The van der Waals surface area contributed by atoms with Crippen molar-refractivity contribution >= 4 is 11.9 Å². The lowest BCUT2D eigenvalue weighted by atomic mass is 9.91. The largest absolute Gasteiger partial charge is 0.463 e. The first-order chi connectivity index (χ1) is 14.1. The van der Waals surface area contributed by atoms with Crippen molar-refractivity contribution in [3.05, 3.63) is 94.4 Å². The van der Waals surface area contributed by atoms with Gasteiger partial charge in [0.25, 0.3) is 5.91 Å². The highest BCUT2D eigenvalue weighted by Crippen LogP contribution is 2.36. The van der Waals surface area contributed by atoms with Crippen LogP contribution in [0.15, 0.2) is 65.1 Å². The molecule has 148 valence electrons. The average molecular weight is 389 g/mol. The van der Waals surface area contributed by atoms with Crippen molar-refractivity contribution < 1.29 is 18.7 Å². The molecule has 29 heavy (non-hydrogen) atoms. The van der Waals surface area contributed by atoms with Gasteiger partial charge in [0.1, 0.15) is 23.7 Å². The molecule has 1 aliphatic carbocycles. The highest BCUT2D eigenvalue weighted by atomic mass is 16.5. The Balaban J connectivity index is 1.52. The van der Waals surface area contributed by atoms with Crippen molar-refractivity contribution in [2.24, 2.45) is 0 Å². The van der Waals surface area contributed by atoms with Crippen LogP contribution in [-0.4, -0.2) is 11.9 Å². The number of amides is 1. The van der Waals surface area contributed by atoms with Gasteiger partial charge in [0, 0.05) is 11.1 Å². The van der Waals surface area contributed by atoms with Crippen molar-refractivity contribution in [2.45, 2.75) is 38.8 Å². The molecule has 5 heteroatoms. The highest BCUT2D eigenvalue weighted by Gasteiger charge is 2.32. The van der Waals surface area contributed by atoms with Crippen molar-refractivity contribution in [3.63, 3.8) is 0 Å². The maximum atomic E-state index is 12.8. The molecule has 1 unspecified atom stereocenters. The first kappa shape index (κ1) is 19.0. The third-order valence-corrected chi connectivity index (χ3v) is 5.21. The lowest BCUT2D eigenvalue weighted by molar-refractivity contribution is 0.0469. The van der Waals surface area contributed by atoms with E-state index in [-0.39, 0.29) is 24.5 Å². The smallest absolute Gasteiger partial charge is 0.342 e. The summed E-state index contributed by atoms with van der Waals surface area (Å²) in [5.74, 6) is 0.677. The first-order valence-corrected chi connectivity index (χ1v) is 9.82.